The largest absolute Gasteiger partial charge is 0.463 e. The summed E-state index contributed by atoms with van der Waals surface area (Å²) in [6, 6.07) is 5.91. The molecule has 0 aliphatic carbocycles. The SMILES string of the molecule is CCOC(=O)/C=C/CSc1ccc(N)c(C)c1. The van der Waals surface area contributed by atoms with Gasteiger partial charge in [0.2, 0.25) is 0 Å². The van der Waals surface area contributed by atoms with Gasteiger partial charge in [-0.15, -0.1) is 11.8 Å². The Kier molecular flexibility index (Phi) is 5.63. The zero-order valence-electron chi connectivity index (χ0n) is 10.1. The highest BCUT2D eigenvalue weighted by Gasteiger charge is 1.97. The number of nitrogen functional groups attached to an aromatic ring is 1. The average molecular weight is 251 g/mol. The van der Waals surface area contributed by atoms with Gasteiger partial charge in [-0.2, -0.15) is 0 Å². The molecule has 17 heavy (non-hydrogen) atoms. The summed E-state index contributed by atoms with van der Waals surface area (Å²) < 4.78 is 4.78. The van der Waals surface area contributed by atoms with Gasteiger partial charge >= 0.3 is 5.97 Å². The quantitative estimate of drug-likeness (QED) is 0.378. The van der Waals surface area contributed by atoms with E-state index in [2.05, 4.69) is 0 Å². The Balaban J connectivity index is 2.40. The summed E-state index contributed by atoms with van der Waals surface area (Å²) in [6.07, 6.45) is 3.26. The van der Waals surface area contributed by atoms with Crippen LogP contribution in [0.15, 0.2) is 35.2 Å². The van der Waals surface area contributed by atoms with Crippen molar-refractivity contribution in [1.29, 1.82) is 0 Å². The molecule has 0 spiro atoms. The molecular weight excluding hydrogens is 234 g/mol. The first kappa shape index (κ1) is 13.6. The van der Waals surface area contributed by atoms with Crippen molar-refractivity contribution in [3.05, 3.63) is 35.9 Å². The van der Waals surface area contributed by atoms with Gasteiger partial charge in [0.25, 0.3) is 0 Å². The van der Waals surface area contributed by atoms with Crippen LogP contribution in [-0.2, 0) is 9.53 Å². The number of carbonyl (C=O) groups excluding carboxylic acids is 1. The highest BCUT2D eigenvalue weighted by atomic mass is 32.2. The lowest BCUT2D eigenvalue weighted by Crippen LogP contribution is -1.98. The van der Waals surface area contributed by atoms with Crippen LogP contribution in [0.4, 0.5) is 5.69 Å². The molecule has 0 bridgehead atoms. The smallest absolute Gasteiger partial charge is 0.330 e. The van der Waals surface area contributed by atoms with E-state index in [1.807, 2.05) is 25.1 Å². The number of hydrogen-bond donors (Lipinski definition) is 1. The van der Waals surface area contributed by atoms with Gasteiger partial charge in [-0.05, 0) is 37.6 Å². The first-order valence-corrected chi connectivity index (χ1v) is 6.44. The minimum atomic E-state index is -0.290. The van der Waals surface area contributed by atoms with Crippen molar-refractivity contribution < 1.29 is 9.53 Å². The molecule has 0 heterocycles. The molecule has 3 nitrogen and oxygen atoms in total. The number of rotatable bonds is 5. The van der Waals surface area contributed by atoms with Gasteiger partial charge in [-0.25, -0.2) is 4.79 Å². The van der Waals surface area contributed by atoms with E-state index >= 15 is 0 Å². The second kappa shape index (κ2) is 7.01. The van der Waals surface area contributed by atoms with E-state index in [4.69, 9.17) is 10.5 Å². The molecule has 0 saturated carbocycles. The molecule has 0 aliphatic heterocycles. The summed E-state index contributed by atoms with van der Waals surface area (Å²) in [7, 11) is 0. The molecule has 0 unspecified atom stereocenters. The predicted octanol–water partition coefficient (Wildman–Crippen LogP) is 2.79. The minimum Gasteiger partial charge on any atom is -0.463 e. The lowest BCUT2D eigenvalue weighted by molar-refractivity contribution is -0.137. The fourth-order valence-corrected chi connectivity index (χ4v) is 2.03. The summed E-state index contributed by atoms with van der Waals surface area (Å²) in [5, 5.41) is 0. The molecular formula is C13H17NO2S. The predicted molar refractivity (Wildman–Crippen MR) is 72.1 cm³/mol. The molecule has 92 valence electrons. The Morgan fingerprint density at radius 3 is 2.94 bits per heavy atom. The fraction of sp³-hybridized carbons (Fsp3) is 0.308. The highest BCUT2D eigenvalue weighted by molar-refractivity contribution is 7.99. The first-order valence-electron chi connectivity index (χ1n) is 5.45. The number of esters is 1. The number of anilines is 1. The maximum Gasteiger partial charge on any atom is 0.330 e. The van der Waals surface area contributed by atoms with Crippen molar-refractivity contribution in [1.82, 2.24) is 0 Å². The van der Waals surface area contributed by atoms with E-state index in [1.54, 1.807) is 24.8 Å². The van der Waals surface area contributed by atoms with Crippen LogP contribution in [0, 0.1) is 6.92 Å². The van der Waals surface area contributed by atoms with E-state index in [0.717, 1.165) is 21.9 Å². The van der Waals surface area contributed by atoms with Gasteiger partial charge in [0, 0.05) is 22.4 Å². The molecule has 1 rings (SSSR count). The molecule has 0 amide bonds. The third kappa shape index (κ3) is 4.95. The Hall–Kier alpha value is -1.42. The van der Waals surface area contributed by atoms with Crippen molar-refractivity contribution >= 4 is 23.4 Å². The maximum absolute atomic E-state index is 11.0. The first-order chi connectivity index (χ1) is 8.13. The standard InChI is InChI=1S/C13H17NO2S/c1-3-16-13(15)5-4-8-17-11-6-7-12(14)10(2)9-11/h4-7,9H,3,8,14H2,1-2H3/b5-4+. The van der Waals surface area contributed by atoms with Crippen LogP contribution in [0.3, 0.4) is 0 Å². The summed E-state index contributed by atoms with van der Waals surface area (Å²) in [5.74, 6) is 0.448. The van der Waals surface area contributed by atoms with Crippen molar-refractivity contribution in [2.45, 2.75) is 18.7 Å². The van der Waals surface area contributed by atoms with Crippen LogP contribution in [0.1, 0.15) is 12.5 Å². The molecule has 0 fully saturated rings. The van der Waals surface area contributed by atoms with Gasteiger partial charge in [-0.3, -0.25) is 0 Å². The number of ether oxygens (including phenoxy) is 1. The second-order valence-corrected chi connectivity index (χ2v) is 4.58. The zero-order valence-corrected chi connectivity index (χ0v) is 10.9. The van der Waals surface area contributed by atoms with E-state index in [1.165, 1.54) is 6.08 Å². The van der Waals surface area contributed by atoms with Crippen molar-refractivity contribution in [3.8, 4) is 0 Å². The van der Waals surface area contributed by atoms with Crippen LogP contribution in [-0.4, -0.2) is 18.3 Å². The van der Waals surface area contributed by atoms with Crippen LogP contribution in [0.2, 0.25) is 0 Å². The van der Waals surface area contributed by atoms with E-state index in [0.29, 0.717) is 6.61 Å². The molecule has 4 heteroatoms. The topological polar surface area (TPSA) is 52.3 Å². The van der Waals surface area contributed by atoms with Crippen LogP contribution in [0.5, 0.6) is 0 Å². The van der Waals surface area contributed by atoms with E-state index in [-0.39, 0.29) is 5.97 Å². The van der Waals surface area contributed by atoms with E-state index < -0.39 is 0 Å². The number of aryl methyl sites for hydroxylation is 1. The lowest BCUT2D eigenvalue weighted by Gasteiger charge is -2.03. The molecule has 0 saturated heterocycles. The van der Waals surface area contributed by atoms with Gasteiger partial charge in [0.05, 0.1) is 6.61 Å². The van der Waals surface area contributed by atoms with Gasteiger partial charge in [0.15, 0.2) is 0 Å². The normalized spacial score (nSPS) is 10.7. The second-order valence-electron chi connectivity index (χ2n) is 3.48. The summed E-state index contributed by atoms with van der Waals surface area (Å²) >= 11 is 1.65. The third-order valence-electron chi connectivity index (χ3n) is 2.13. The molecule has 0 aliphatic rings. The van der Waals surface area contributed by atoms with Crippen LogP contribution < -0.4 is 5.73 Å². The molecule has 2 N–H and O–H groups in total. The highest BCUT2D eigenvalue weighted by Crippen LogP contribution is 2.22. The van der Waals surface area contributed by atoms with Crippen LogP contribution in [0.25, 0.3) is 0 Å². The average Bonchev–Trinajstić information content (AvgIpc) is 2.29. The molecule has 0 atom stereocenters. The molecule has 1 aromatic rings. The Bertz CT molecular complexity index is 416. The lowest BCUT2D eigenvalue weighted by atomic mass is 10.2. The monoisotopic (exact) mass is 251 g/mol. The fourth-order valence-electron chi connectivity index (χ4n) is 1.22. The van der Waals surface area contributed by atoms with Crippen LogP contribution >= 0.6 is 11.8 Å². The van der Waals surface area contributed by atoms with Crippen molar-refractivity contribution in [3.63, 3.8) is 0 Å². The number of nitrogens with two attached hydrogens (primary N) is 1. The molecule has 0 radical (unpaired) electrons. The minimum absolute atomic E-state index is 0.290. The van der Waals surface area contributed by atoms with Gasteiger partial charge in [0.1, 0.15) is 0 Å². The summed E-state index contributed by atoms with van der Waals surface area (Å²) in [5.41, 5.74) is 7.61. The Morgan fingerprint density at radius 1 is 1.53 bits per heavy atom. The van der Waals surface area contributed by atoms with E-state index in [9.17, 15) is 4.79 Å². The molecule has 1 aromatic carbocycles. The van der Waals surface area contributed by atoms with Gasteiger partial charge in [-0.1, -0.05) is 6.08 Å². The summed E-state index contributed by atoms with van der Waals surface area (Å²) in [6.45, 7) is 4.18. The molecule has 0 aromatic heterocycles. The number of benzene rings is 1. The third-order valence-corrected chi connectivity index (χ3v) is 3.07. The number of thioether (sulfide) groups is 1. The zero-order chi connectivity index (χ0) is 12.7. The number of hydrogen-bond acceptors (Lipinski definition) is 4. The van der Waals surface area contributed by atoms with Crippen molar-refractivity contribution in [2.24, 2.45) is 0 Å². The maximum atomic E-state index is 11.0. The Labute approximate surface area is 106 Å². The summed E-state index contributed by atoms with van der Waals surface area (Å²) in [4.78, 5) is 12.2. The Morgan fingerprint density at radius 2 is 2.29 bits per heavy atom. The van der Waals surface area contributed by atoms with Gasteiger partial charge < -0.3 is 10.5 Å². The van der Waals surface area contributed by atoms with Crippen molar-refractivity contribution in [2.75, 3.05) is 18.1 Å². The number of carbonyl (C=O) groups is 1.